The highest BCUT2D eigenvalue weighted by Gasteiger charge is 2.31. The lowest BCUT2D eigenvalue weighted by atomic mass is 10.0. The fourth-order valence-electron chi connectivity index (χ4n) is 4.05. The summed E-state index contributed by atoms with van der Waals surface area (Å²) >= 11 is 0. The van der Waals surface area contributed by atoms with Gasteiger partial charge in [-0.3, -0.25) is 4.90 Å². The molecular weight excluding hydrogens is 300 g/mol. The number of aromatic amines is 1. The van der Waals surface area contributed by atoms with E-state index in [2.05, 4.69) is 37.9 Å². The third-order valence-corrected chi connectivity index (χ3v) is 5.44. The van der Waals surface area contributed by atoms with Gasteiger partial charge in [0.05, 0.1) is 0 Å². The quantitative estimate of drug-likeness (QED) is 0.935. The van der Waals surface area contributed by atoms with E-state index in [1.54, 1.807) is 6.20 Å². The number of piperidine rings is 1. The molecule has 0 amide bonds. The van der Waals surface area contributed by atoms with Crippen LogP contribution in [0.2, 0.25) is 0 Å². The van der Waals surface area contributed by atoms with E-state index >= 15 is 0 Å². The maximum absolute atomic E-state index is 4.73. The molecule has 0 aliphatic carbocycles. The summed E-state index contributed by atoms with van der Waals surface area (Å²) in [6.45, 7) is 6.74. The first-order chi connectivity index (χ1) is 11.7. The summed E-state index contributed by atoms with van der Waals surface area (Å²) < 4.78 is 0. The summed E-state index contributed by atoms with van der Waals surface area (Å²) in [5.74, 6) is 2.17. The van der Waals surface area contributed by atoms with Crippen molar-refractivity contribution in [1.29, 1.82) is 0 Å². The molecule has 0 saturated carbocycles. The summed E-state index contributed by atoms with van der Waals surface area (Å²) in [5.41, 5.74) is 2.07. The number of hydrogen-bond acceptors (Lipinski definition) is 5. The molecule has 4 heterocycles. The molecule has 1 N–H and O–H groups in total. The lowest BCUT2D eigenvalue weighted by molar-refractivity contribution is 0.142. The maximum Gasteiger partial charge on any atom is 0.156 e. The van der Waals surface area contributed by atoms with Gasteiger partial charge in [0, 0.05) is 36.6 Å². The SMILES string of the molecule is Cc1nc(-c2ncc[nH]2)cc(C2CCN(C3CCN(C)CC3)C2)n1. The van der Waals surface area contributed by atoms with E-state index in [1.807, 2.05) is 13.1 Å². The van der Waals surface area contributed by atoms with Crippen molar-refractivity contribution in [3.8, 4) is 11.5 Å². The Kier molecular flexibility index (Phi) is 4.33. The van der Waals surface area contributed by atoms with E-state index < -0.39 is 0 Å². The molecule has 0 spiro atoms. The average Bonchev–Trinajstić information content (AvgIpc) is 3.27. The van der Waals surface area contributed by atoms with Crippen molar-refractivity contribution in [2.45, 2.75) is 38.1 Å². The van der Waals surface area contributed by atoms with Gasteiger partial charge in [0.1, 0.15) is 11.5 Å². The largest absolute Gasteiger partial charge is 0.343 e. The minimum Gasteiger partial charge on any atom is -0.343 e. The predicted octanol–water partition coefficient (Wildman–Crippen LogP) is 2.06. The minimum atomic E-state index is 0.514. The summed E-state index contributed by atoms with van der Waals surface area (Å²) in [5, 5.41) is 0. The first-order valence-electron chi connectivity index (χ1n) is 8.97. The fourth-order valence-corrected chi connectivity index (χ4v) is 4.05. The number of nitrogens with zero attached hydrogens (tertiary/aromatic N) is 5. The molecule has 0 aromatic carbocycles. The monoisotopic (exact) mass is 326 g/mol. The zero-order valence-corrected chi connectivity index (χ0v) is 14.6. The molecule has 0 radical (unpaired) electrons. The van der Waals surface area contributed by atoms with Gasteiger partial charge < -0.3 is 9.88 Å². The van der Waals surface area contributed by atoms with Crippen LogP contribution in [0.3, 0.4) is 0 Å². The highest BCUT2D eigenvalue weighted by Crippen LogP contribution is 2.31. The van der Waals surface area contributed by atoms with Gasteiger partial charge in [-0.25, -0.2) is 15.0 Å². The highest BCUT2D eigenvalue weighted by atomic mass is 15.2. The second-order valence-electron chi connectivity index (χ2n) is 7.18. The Morgan fingerprint density at radius 2 is 1.96 bits per heavy atom. The number of nitrogens with one attached hydrogen (secondary N) is 1. The van der Waals surface area contributed by atoms with Crippen LogP contribution in [-0.2, 0) is 0 Å². The smallest absolute Gasteiger partial charge is 0.156 e. The maximum atomic E-state index is 4.73. The lowest BCUT2D eigenvalue weighted by Gasteiger charge is -2.35. The van der Waals surface area contributed by atoms with Gasteiger partial charge in [-0.15, -0.1) is 0 Å². The second-order valence-corrected chi connectivity index (χ2v) is 7.18. The predicted molar refractivity (Wildman–Crippen MR) is 93.8 cm³/mol. The van der Waals surface area contributed by atoms with Gasteiger partial charge in [-0.1, -0.05) is 0 Å². The van der Waals surface area contributed by atoms with Gasteiger partial charge >= 0.3 is 0 Å². The molecule has 6 nitrogen and oxygen atoms in total. The first kappa shape index (κ1) is 15.7. The van der Waals surface area contributed by atoms with E-state index in [4.69, 9.17) is 4.98 Å². The molecule has 2 saturated heterocycles. The van der Waals surface area contributed by atoms with Crippen LogP contribution >= 0.6 is 0 Å². The Morgan fingerprint density at radius 1 is 1.12 bits per heavy atom. The van der Waals surface area contributed by atoms with Crippen LogP contribution < -0.4 is 0 Å². The summed E-state index contributed by atoms with van der Waals surface area (Å²) in [6, 6.07) is 2.87. The molecule has 2 aromatic heterocycles. The van der Waals surface area contributed by atoms with Crippen molar-refractivity contribution in [3.05, 3.63) is 30.0 Å². The Balaban J connectivity index is 1.49. The average molecular weight is 326 g/mol. The van der Waals surface area contributed by atoms with E-state index in [-0.39, 0.29) is 0 Å². The van der Waals surface area contributed by atoms with Crippen LogP contribution in [0, 0.1) is 6.92 Å². The van der Waals surface area contributed by atoms with Gasteiger partial charge in [-0.2, -0.15) is 0 Å². The molecule has 128 valence electrons. The molecule has 2 aliphatic heterocycles. The van der Waals surface area contributed by atoms with Crippen LogP contribution in [0.1, 0.15) is 36.7 Å². The number of H-pyrrole nitrogens is 1. The molecule has 2 aromatic rings. The highest BCUT2D eigenvalue weighted by molar-refractivity contribution is 5.49. The lowest BCUT2D eigenvalue weighted by Crippen LogP contribution is -2.42. The van der Waals surface area contributed by atoms with Crippen molar-refractivity contribution >= 4 is 0 Å². The van der Waals surface area contributed by atoms with Crippen LogP contribution in [0.4, 0.5) is 0 Å². The van der Waals surface area contributed by atoms with E-state index in [9.17, 15) is 0 Å². The summed E-state index contributed by atoms with van der Waals surface area (Å²) in [7, 11) is 2.23. The number of likely N-dealkylation sites (tertiary alicyclic amines) is 2. The van der Waals surface area contributed by atoms with Crippen LogP contribution in [0.15, 0.2) is 18.5 Å². The number of aromatic nitrogens is 4. The number of imidazole rings is 1. The Labute approximate surface area is 143 Å². The topological polar surface area (TPSA) is 60.9 Å². The second kappa shape index (κ2) is 6.61. The molecule has 1 unspecified atom stereocenters. The summed E-state index contributed by atoms with van der Waals surface area (Å²) in [6.07, 6.45) is 7.39. The number of hydrogen-bond donors (Lipinski definition) is 1. The number of rotatable bonds is 3. The third-order valence-electron chi connectivity index (χ3n) is 5.44. The Morgan fingerprint density at radius 3 is 2.71 bits per heavy atom. The normalized spacial score (nSPS) is 23.8. The molecule has 0 bridgehead atoms. The van der Waals surface area contributed by atoms with Crippen LogP contribution in [0.5, 0.6) is 0 Å². The Bertz CT molecular complexity index is 675. The molecule has 2 fully saturated rings. The third kappa shape index (κ3) is 3.21. The van der Waals surface area contributed by atoms with Gasteiger partial charge in [0.2, 0.25) is 0 Å². The molecular formula is C18H26N6. The van der Waals surface area contributed by atoms with Crippen molar-refractivity contribution in [3.63, 3.8) is 0 Å². The zero-order valence-electron chi connectivity index (χ0n) is 14.6. The Hall–Kier alpha value is -1.79. The molecule has 24 heavy (non-hydrogen) atoms. The molecule has 4 rings (SSSR count). The van der Waals surface area contributed by atoms with Crippen molar-refractivity contribution in [2.75, 3.05) is 33.2 Å². The van der Waals surface area contributed by atoms with Gasteiger partial charge in [0.25, 0.3) is 0 Å². The van der Waals surface area contributed by atoms with Gasteiger partial charge in [0.15, 0.2) is 5.82 Å². The van der Waals surface area contributed by atoms with Crippen LogP contribution in [-0.4, -0.2) is 69.0 Å². The standard InChI is InChI=1S/C18H26N6/c1-13-21-16(11-17(22-13)18-19-6-7-20-18)14-3-10-24(12-14)15-4-8-23(2)9-5-15/h6-7,11,14-15H,3-5,8-10,12H2,1-2H3,(H,19,20). The van der Waals surface area contributed by atoms with Crippen molar-refractivity contribution < 1.29 is 0 Å². The fraction of sp³-hybridized carbons (Fsp3) is 0.611. The van der Waals surface area contributed by atoms with E-state index in [0.29, 0.717) is 5.92 Å². The van der Waals surface area contributed by atoms with Gasteiger partial charge in [-0.05, 0) is 58.9 Å². The van der Waals surface area contributed by atoms with E-state index in [1.165, 1.54) is 44.6 Å². The minimum absolute atomic E-state index is 0.514. The zero-order chi connectivity index (χ0) is 16.5. The molecule has 1 atom stereocenters. The first-order valence-corrected chi connectivity index (χ1v) is 8.97. The van der Waals surface area contributed by atoms with Crippen molar-refractivity contribution in [2.24, 2.45) is 0 Å². The van der Waals surface area contributed by atoms with Crippen LogP contribution in [0.25, 0.3) is 11.5 Å². The number of aryl methyl sites for hydroxylation is 1. The van der Waals surface area contributed by atoms with E-state index in [0.717, 1.165) is 29.9 Å². The molecule has 6 heteroatoms. The van der Waals surface area contributed by atoms with Crippen molar-refractivity contribution in [1.82, 2.24) is 29.7 Å². The molecule has 2 aliphatic rings. The summed E-state index contributed by atoms with van der Waals surface area (Å²) in [4.78, 5) is 21.9.